The van der Waals surface area contributed by atoms with E-state index < -0.39 is 0 Å². The molecule has 2 aromatic heterocycles. The highest BCUT2D eigenvalue weighted by Gasteiger charge is 2.34. The minimum atomic E-state index is -0.104. The molecule has 0 saturated heterocycles. The van der Waals surface area contributed by atoms with Gasteiger partial charge in [0.05, 0.1) is 5.56 Å². The van der Waals surface area contributed by atoms with Crippen LogP contribution in [-0.2, 0) is 6.61 Å². The van der Waals surface area contributed by atoms with Crippen molar-refractivity contribution in [2.24, 2.45) is 0 Å². The van der Waals surface area contributed by atoms with Gasteiger partial charge in [-0.05, 0) is 41.0 Å². The van der Waals surface area contributed by atoms with Gasteiger partial charge in [0, 0.05) is 16.9 Å². The molecule has 0 radical (unpaired) electrons. The summed E-state index contributed by atoms with van der Waals surface area (Å²) in [5.74, 6) is 3.11. The highest BCUT2D eigenvalue weighted by atomic mass is 16.5. The molecule has 4 aromatic carbocycles. The van der Waals surface area contributed by atoms with Crippen molar-refractivity contribution in [2.45, 2.75) is 39.2 Å². The minimum absolute atomic E-state index is 0.104. The van der Waals surface area contributed by atoms with Gasteiger partial charge in [-0.2, -0.15) is 0 Å². The Morgan fingerprint density at radius 2 is 1.77 bits per heavy atom. The zero-order valence-electron chi connectivity index (χ0n) is 22.1. The van der Waals surface area contributed by atoms with Crippen molar-refractivity contribution in [3.8, 4) is 17.4 Å². The third-order valence-corrected chi connectivity index (χ3v) is 7.42. The molecule has 192 valence electrons. The highest BCUT2D eigenvalue weighted by molar-refractivity contribution is 5.91. The summed E-state index contributed by atoms with van der Waals surface area (Å²) < 4.78 is 14.5. The maximum Gasteiger partial charge on any atom is 0.228 e. The first-order valence-corrected chi connectivity index (χ1v) is 13.3. The van der Waals surface area contributed by atoms with Crippen molar-refractivity contribution in [2.75, 3.05) is 0 Å². The number of aryl methyl sites for hydroxylation is 1. The molecule has 0 spiro atoms. The van der Waals surface area contributed by atoms with Crippen molar-refractivity contribution in [3.63, 3.8) is 0 Å². The largest absolute Gasteiger partial charge is 0.485 e. The Morgan fingerprint density at radius 3 is 2.62 bits per heavy atom. The van der Waals surface area contributed by atoms with Crippen LogP contribution in [-0.4, -0.2) is 19.6 Å². The van der Waals surface area contributed by atoms with E-state index in [1.807, 2.05) is 18.2 Å². The number of fused-ring (bicyclic) bond motifs is 6. The molecule has 7 rings (SSSR count). The standard InChI is InChI=1S/C33H28N4O2/c1-20(2)24-15-13-21(3)17-27(24)38-18-28-35-32-30-29(23-10-5-4-6-11-23)26-16-14-22-9-7-8-12-25(22)31(26)39-33(30)34-19-37(32)36-28/h4-17,19-20,29H,18H2,1-3H3/t29-/m1/s1. The molecular formula is C33H28N4O2. The van der Waals surface area contributed by atoms with Crippen molar-refractivity contribution < 1.29 is 9.47 Å². The summed E-state index contributed by atoms with van der Waals surface area (Å²) in [6, 6.07) is 29.4. The van der Waals surface area contributed by atoms with E-state index in [1.54, 1.807) is 10.8 Å². The van der Waals surface area contributed by atoms with Gasteiger partial charge >= 0.3 is 0 Å². The molecule has 0 bridgehead atoms. The molecule has 0 N–H and O–H groups in total. The average Bonchev–Trinajstić information content (AvgIpc) is 3.38. The zero-order valence-corrected chi connectivity index (χ0v) is 22.1. The van der Waals surface area contributed by atoms with Crippen LogP contribution in [0.25, 0.3) is 16.4 Å². The fourth-order valence-corrected chi connectivity index (χ4v) is 5.53. The number of nitrogens with zero attached hydrogens (tertiary/aromatic N) is 4. The molecule has 0 unspecified atom stereocenters. The molecule has 3 heterocycles. The number of hydrogen-bond donors (Lipinski definition) is 0. The average molecular weight is 513 g/mol. The monoisotopic (exact) mass is 512 g/mol. The van der Waals surface area contributed by atoms with E-state index >= 15 is 0 Å². The molecule has 6 heteroatoms. The first-order valence-electron chi connectivity index (χ1n) is 13.3. The van der Waals surface area contributed by atoms with Gasteiger partial charge in [-0.3, -0.25) is 0 Å². The second kappa shape index (κ2) is 9.24. The maximum atomic E-state index is 6.52. The molecule has 1 aliphatic rings. The summed E-state index contributed by atoms with van der Waals surface area (Å²) >= 11 is 0. The van der Waals surface area contributed by atoms with Gasteiger partial charge in [0.15, 0.2) is 11.5 Å². The Bertz CT molecular complexity index is 1840. The van der Waals surface area contributed by atoms with Crippen molar-refractivity contribution in [1.82, 2.24) is 19.6 Å². The molecule has 0 aliphatic carbocycles. The minimum Gasteiger partial charge on any atom is -0.485 e. The third-order valence-electron chi connectivity index (χ3n) is 7.42. The summed E-state index contributed by atoms with van der Waals surface area (Å²) in [4.78, 5) is 9.66. The summed E-state index contributed by atoms with van der Waals surface area (Å²) in [5.41, 5.74) is 6.19. The Hall–Kier alpha value is -4.71. The quantitative estimate of drug-likeness (QED) is 0.238. The van der Waals surface area contributed by atoms with Crippen LogP contribution in [0.1, 0.15) is 59.3 Å². The summed E-state index contributed by atoms with van der Waals surface area (Å²) in [6.45, 7) is 6.67. The first-order chi connectivity index (χ1) is 19.1. The van der Waals surface area contributed by atoms with Gasteiger partial charge in [-0.25, -0.2) is 14.5 Å². The van der Waals surface area contributed by atoms with Crippen LogP contribution in [0.2, 0.25) is 0 Å². The smallest absolute Gasteiger partial charge is 0.228 e. The van der Waals surface area contributed by atoms with Gasteiger partial charge in [0.25, 0.3) is 0 Å². The van der Waals surface area contributed by atoms with Crippen LogP contribution in [0.4, 0.5) is 0 Å². The predicted octanol–water partition coefficient (Wildman–Crippen LogP) is 7.57. The van der Waals surface area contributed by atoms with E-state index in [2.05, 4.69) is 87.5 Å². The Labute approximate surface area is 226 Å². The van der Waals surface area contributed by atoms with E-state index in [0.717, 1.165) is 50.2 Å². The second-order valence-corrected chi connectivity index (χ2v) is 10.4. The van der Waals surface area contributed by atoms with E-state index in [9.17, 15) is 0 Å². The molecule has 6 aromatic rings. The zero-order chi connectivity index (χ0) is 26.5. The molecule has 39 heavy (non-hydrogen) atoms. The Balaban J connectivity index is 1.34. The maximum absolute atomic E-state index is 6.52. The predicted molar refractivity (Wildman–Crippen MR) is 152 cm³/mol. The summed E-state index contributed by atoms with van der Waals surface area (Å²) in [5, 5.41) is 6.93. The number of aromatic nitrogens is 4. The molecule has 0 saturated carbocycles. The lowest BCUT2D eigenvalue weighted by atomic mass is 9.83. The van der Waals surface area contributed by atoms with Crippen LogP contribution in [0.3, 0.4) is 0 Å². The van der Waals surface area contributed by atoms with Crippen LogP contribution in [0.5, 0.6) is 17.4 Å². The van der Waals surface area contributed by atoms with Gasteiger partial charge in [-0.15, -0.1) is 5.10 Å². The molecular weight excluding hydrogens is 484 g/mol. The lowest BCUT2D eigenvalue weighted by Gasteiger charge is -2.28. The van der Waals surface area contributed by atoms with Crippen LogP contribution < -0.4 is 9.47 Å². The van der Waals surface area contributed by atoms with Crippen molar-refractivity contribution in [3.05, 3.63) is 125 Å². The van der Waals surface area contributed by atoms with E-state index in [4.69, 9.17) is 24.5 Å². The van der Waals surface area contributed by atoms with E-state index in [-0.39, 0.29) is 12.5 Å². The molecule has 1 atom stereocenters. The molecule has 1 aliphatic heterocycles. The third kappa shape index (κ3) is 4.00. The normalized spacial score (nSPS) is 14.3. The highest BCUT2D eigenvalue weighted by Crippen LogP contribution is 2.50. The fourth-order valence-electron chi connectivity index (χ4n) is 5.53. The van der Waals surface area contributed by atoms with Crippen LogP contribution >= 0.6 is 0 Å². The fraction of sp³-hybridized carbons (Fsp3) is 0.182. The molecule has 0 amide bonds. The lowest BCUT2D eigenvalue weighted by molar-refractivity contribution is 0.291. The van der Waals surface area contributed by atoms with Gasteiger partial charge in [0.1, 0.15) is 24.4 Å². The lowest BCUT2D eigenvalue weighted by Crippen LogP contribution is -2.15. The summed E-state index contributed by atoms with van der Waals surface area (Å²) in [7, 11) is 0. The summed E-state index contributed by atoms with van der Waals surface area (Å²) in [6.07, 6.45) is 1.68. The first kappa shape index (κ1) is 23.4. The van der Waals surface area contributed by atoms with Gasteiger partial charge < -0.3 is 9.47 Å². The van der Waals surface area contributed by atoms with Crippen molar-refractivity contribution >= 4 is 16.4 Å². The molecule has 0 fully saturated rings. The Kier molecular flexibility index (Phi) is 5.55. The van der Waals surface area contributed by atoms with Crippen molar-refractivity contribution in [1.29, 1.82) is 0 Å². The number of benzene rings is 4. The SMILES string of the molecule is Cc1ccc(C(C)C)c(OCc2nc3c4c(ncn3n2)Oc2c(ccc3ccccc23)[C@H]4c2ccccc2)c1. The van der Waals surface area contributed by atoms with Crippen LogP contribution in [0, 0.1) is 6.92 Å². The topological polar surface area (TPSA) is 61.5 Å². The number of hydrogen-bond acceptors (Lipinski definition) is 5. The second-order valence-electron chi connectivity index (χ2n) is 10.4. The number of ether oxygens (including phenoxy) is 2. The van der Waals surface area contributed by atoms with Gasteiger partial charge in [0.2, 0.25) is 5.88 Å². The van der Waals surface area contributed by atoms with E-state index in [1.165, 1.54) is 5.56 Å². The van der Waals surface area contributed by atoms with Crippen LogP contribution in [0.15, 0.2) is 91.3 Å². The number of rotatable bonds is 5. The van der Waals surface area contributed by atoms with Gasteiger partial charge in [-0.1, -0.05) is 92.7 Å². The molecule has 6 nitrogen and oxygen atoms in total. The Morgan fingerprint density at radius 1 is 0.949 bits per heavy atom. The van der Waals surface area contributed by atoms with E-state index in [0.29, 0.717) is 17.6 Å².